The Hall–Kier alpha value is -7.37. The van der Waals surface area contributed by atoms with Crippen LogP contribution in [0.4, 0.5) is 0 Å². The average molecular weight is 718 g/mol. The zero-order valence-electron chi connectivity index (χ0n) is 30.1. The molecule has 262 valence electrons. The number of hydrogen-bond donors (Lipinski definition) is 0. The van der Waals surface area contributed by atoms with Crippen LogP contribution in [0.2, 0.25) is 0 Å². The van der Waals surface area contributed by atoms with Crippen molar-refractivity contribution < 1.29 is 9.15 Å². The summed E-state index contributed by atoms with van der Waals surface area (Å²) >= 11 is 0. The lowest BCUT2D eigenvalue weighted by atomic mass is 9.83. The molecule has 1 aliphatic heterocycles. The molecule has 0 saturated heterocycles. The molecule has 0 amide bonds. The van der Waals surface area contributed by atoms with E-state index in [2.05, 4.69) is 164 Å². The van der Waals surface area contributed by atoms with Crippen molar-refractivity contribution in [1.82, 2.24) is 15.0 Å². The Balaban J connectivity index is 1.03. The topological polar surface area (TPSA) is 61.0 Å². The average Bonchev–Trinajstić information content (AvgIpc) is 3.84. The van der Waals surface area contributed by atoms with Crippen LogP contribution in [-0.2, 0) is 0 Å². The van der Waals surface area contributed by atoms with E-state index in [1.54, 1.807) is 0 Å². The molecule has 2 aromatic heterocycles. The SMILES string of the molecule is C1=CC2Oc3c(-c4cc5oc6ccccc6c5c5ccccc45)cccc3C2C(c2nc(-c3ccc4ccccc4c3)nc(-c3ccc4ccccc4c3)n2)=C1. The van der Waals surface area contributed by atoms with Gasteiger partial charge in [-0.05, 0) is 68.2 Å². The summed E-state index contributed by atoms with van der Waals surface area (Å²) in [6.07, 6.45) is 6.14. The smallest absolute Gasteiger partial charge is 0.164 e. The van der Waals surface area contributed by atoms with Crippen molar-refractivity contribution in [2.24, 2.45) is 0 Å². The van der Waals surface area contributed by atoms with E-state index in [0.717, 1.165) is 82.6 Å². The van der Waals surface area contributed by atoms with Gasteiger partial charge < -0.3 is 9.15 Å². The maximum atomic E-state index is 6.96. The van der Waals surface area contributed by atoms with Gasteiger partial charge in [0.05, 0.1) is 5.92 Å². The van der Waals surface area contributed by atoms with Crippen LogP contribution in [0.1, 0.15) is 17.3 Å². The first-order chi connectivity index (χ1) is 27.7. The van der Waals surface area contributed by atoms with Crippen LogP contribution >= 0.6 is 0 Å². The molecule has 56 heavy (non-hydrogen) atoms. The summed E-state index contributed by atoms with van der Waals surface area (Å²) in [4.78, 5) is 15.6. The summed E-state index contributed by atoms with van der Waals surface area (Å²) in [5.74, 6) is 2.66. The summed E-state index contributed by atoms with van der Waals surface area (Å²) < 4.78 is 13.4. The van der Waals surface area contributed by atoms with Crippen LogP contribution in [0.25, 0.3) is 93.7 Å². The fraction of sp³-hybridized carbons (Fsp3) is 0.0392. The second kappa shape index (κ2) is 12.1. The van der Waals surface area contributed by atoms with Gasteiger partial charge in [-0.3, -0.25) is 0 Å². The first-order valence-corrected chi connectivity index (χ1v) is 19.0. The third kappa shape index (κ3) is 4.77. The van der Waals surface area contributed by atoms with Crippen molar-refractivity contribution in [3.63, 3.8) is 0 Å². The molecule has 10 aromatic rings. The number of allylic oxidation sites excluding steroid dienone is 2. The van der Waals surface area contributed by atoms with Crippen molar-refractivity contribution >= 4 is 59.8 Å². The Morgan fingerprint density at radius 2 is 1.09 bits per heavy atom. The fourth-order valence-electron chi connectivity index (χ4n) is 8.84. The zero-order chi connectivity index (χ0) is 36.7. The van der Waals surface area contributed by atoms with Gasteiger partial charge in [-0.25, -0.2) is 15.0 Å². The van der Waals surface area contributed by atoms with Crippen molar-refractivity contribution in [2.75, 3.05) is 0 Å². The Morgan fingerprint density at radius 3 is 1.82 bits per heavy atom. The third-order valence-electron chi connectivity index (χ3n) is 11.5. The second-order valence-corrected chi connectivity index (χ2v) is 14.7. The van der Waals surface area contributed by atoms with E-state index in [1.807, 2.05) is 12.1 Å². The molecule has 1 aliphatic carbocycles. The van der Waals surface area contributed by atoms with Crippen molar-refractivity contribution in [3.8, 4) is 39.7 Å². The largest absolute Gasteiger partial charge is 0.484 e. The Morgan fingerprint density at radius 1 is 0.464 bits per heavy atom. The normalized spacial score (nSPS) is 16.0. The van der Waals surface area contributed by atoms with Crippen LogP contribution in [0.3, 0.4) is 0 Å². The van der Waals surface area contributed by atoms with Crippen LogP contribution in [0.15, 0.2) is 180 Å². The molecule has 2 aliphatic rings. The van der Waals surface area contributed by atoms with Crippen LogP contribution < -0.4 is 4.74 Å². The molecule has 8 aromatic carbocycles. The third-order valence-corrected chi connectivity index (χ3v) is 11.5. The summed E-state index contributed by atoms with van der Waals surface area (Å²) in [6, 6.07) is 55.1. The number of hydrogen-bond acceptors (Lipinski definition) is 5. The summed E-state index contributed by atoms with van der Waals surface area (Å²) in [5.41, 5.74) is 7.85. The first-order valence-electron chi connectivity index (χ1n) is 19.0. The monoisotopic (exact) mass is 717 g/mol. The van der Waals surface area contributed by atoms with Crippen LogP contribution in [0.5, 0.6) is 5.75 Å². The lowest BCUT2D eigenvalue weighted by Crippen LogP contribution is -2.20. The molecule has 0 bridgehead atoms. The quantitative estimate of drug-likeness (QED) is 0.181. The van der Waals surface area contributed by atoms with E-state index < -0.39 is 0 Å². The highest BCUT2D eigenvalue weighted by atomic mass is 16.5. The lowest BCUT2D eigenvalue weighted by Gasteiger charge is -2.22. The number of fused-ring (bicyclic) bond motifs is 10. The standard InChI is InChI=1S/C51H31N3O2/c1-3-13-32-27-34(25-23-30(32)11-1)49-52-50(35-26-24-31-12-2-4-14-33(31)28-35)54-51(53-49)41-20-10-22-44-47(41)40-19-9-18-38(48(40)56-44)42-29-45-46(37-16-6-5-15-36(37)42)39-17-7-8-21-43(39)55-45/h1-29,44,47H. The summed E-state index contributed by atoms with van der Waals surface area (Å²) in [6.45, 7) is 0. The Kier molecular flexibility index (Phi) is 6.69. The number of rotatable bonds is 4. The van der Waals surface area contributed by atoms with Gasteiger partial charge in [0.1, 0.15) is 23.0 Å². The number of ether oxygens (including phenoxy) is 1. The maximum absolute atomic E-state index is 6.96. The number of benzene rings is 8. The summed E-state index contributed by atoms with van der Waals surface area (Å²) in [7, 11) is 0. The maximum Gasteiger partial charge on any atom is 0.164 e. The van der Waals surface area contributed by atoms with E-state index in [-0.39, 0.29) is 12.0 Å². The van der Waals surface area contributed by atoms with Crippen LogP contribution in [-0.4, -0.2) is 21.1 Å². The van der Waals surface area contributed by atoms with Gasteiger partial charge in [0.15, 0.2) is 17.5 Å². The number of para-hydroxylation sites is 2. The van der Waals surface area contributed by atoms with Crippen molar-refractivity contribution in [3.05, 3.63) is 187 Å². The van der Waals surface area contributed by atoms with Crippen molar-refractivity contribution in [2.45, 2.75) is 12.0 Å². The molecule has 0 spiro atoms. The minimum atomic E-state index is -0.225. The molecule has 2 atom stereocenters. The molecule has 12 rings (SSSR count). The van der Waals surface area contributed by atoms with Gasteiger partial charge in [-0.2, -0.15) is 0 Å². The van der Waals surface area contributed by atoms with Gasteiger partial charge in [0.25, 0.3) is 0 Å². The van der Waals surface area contributed by atoms with E-state index in [4.69, 9.17) is 24.1 Å². The molecule has 0 fully saturated rings. The molecule has 5 heteroatoms. The molecule has 0 radical (unpaired) electrons. The predicted molar refractivity (Wildman–Crippen MR) is 227 cm³/mol. The number of nitrogens with zero attached hydrogens (tertiary/aromatic N) is 3. The lowest BCUT2D eigenvalue weighted by molar-refractivity contribution is 0.272. The predicted octanol–water partition coefficient (Wildman–Crippen LogP) is 12.7. The van der Waals surface area contributed by atoms with E-state index in [0.29, 0.717) is 17.5 Å². The minimum Gasteiger partial charge on any atom is -0.484 e. The molecule has 0 N–H and O–H groups in total. The van der Waals surface area contributed by atoms with Gasteiger partial charge in [0, 0.05) is 38.6 Å². The Labute approximate surface area is 321 Å². The van der Waals surface area contributed by atoms with Gasteiger partial charge in [0.2, 0.25) is 0 Å². The first kappa shape index (κ1) is 31.0. The molecular weight excluding hydrogens is 687 g/mol. The second-order valence-electron chi connectivity index (χ2n) is 14.7. The zero-order valence-corrected chi connectivity index (χ0v) is 30.1. The fourth-order valence-corrected chi connectivity index (χ4v) is 8.84. The highest BCUT2D eigenvalue weighted by Crippen LogP contribution is 2.52. The number of furan rings is 1. The minimum absolute atomic E-state index is 0.118. The molecule has 2 unspecified atom stereocenters. The van der Waals surface area contributed by atoms with Crippen molar-refractivity contribution in [1.29, 1.82) is 0 Å². The Bertz CT molecular complexity index is 3220. The summed E-state index contributed by atoms with van der Waals surface area (Å²) in [5, 5.41) is 9.19. The van der Waals surface area contributed by atoms with E-state index >= 15 is 0 Å². The molecule has 3 heterocycles. The van der Waals surface area contributed by atoms with Gasteiger partial charge >= 0.3 is 0 Å². The van der Waals surface area contributed by atoms with Crippen LogP contribution in [0, 0.1) is 0 Å². The van der Waals surface area contributed by atoms with Gasteiger partial charge in [-0.15, -0.1) is 0 Å². The highest BCUT2D eigenvalue weighted by Gasteiger charge is 2.40. The highest BCUT2D eigenvalue weighted by molar-refractivity contribution is 6.22. The molecule has 0 saturated carbocycles. The van der Waals surface area contributed by atoms with E-state index in [1.165, 1.54) is 10.8 Å². The molecule has 5 nitrogen and oxygen atoms in total. The molecular formula is C51H31N3O2. The van der Waals surface area contributed by atoms with Gasteiger partial charge in [-0.1, -0.05) is 146 Å². The number of aromatic nitrogens is 3. The van der Waals surface area contributed by atoms with E-state index in [9.17, 15) is 0 Å².